The van der Waals surface area contributed by atoms with Gasteiger partial charge in [-0.2, -0.15) is 4.98 Å². The van der Waals surface area contributed by atoms with Crippen LogP contribution in [0.15, 0.2) is 59.8 Å². The quantitative estimate of drug-likeness (QED) is 0.380. The van der Waals surface area contributed by atoms with E-state index in [1.54, 1.807) is 18.9 Å². The zero-order valence-electron chi connectivity index (χ0n) is 14.6. The molecule has 0 fully saturated rings. The number of hydrogen-bond donors (Lipinski definition) is 0. The van der Waals surface area contributed by atoms with E-state index in [0.29, 0.717) is 22.5 Å². The Morgan fingerprint density at radius 2 is 1.73 bits per heavy atom. The molecule has 134 valence electrons. The summed E-state index contributed by atoms with van der Waals surface area (Å²) in [6.45, 7) is 2.06. The largest absolute Gasteiger partial charge is 0.497 e. The van der Waals surface area contributed by atoms with E-state index in [2.05, 4.69) is 16.9 Å². The molecule has 3 rings (SSSR count). The van der Waals surface area contributed by atoms with Gasteiger partial charge in [0.2, 0.25) is 5.88 Å². The van der Waals surface area contributed by atoms with Crippen LogP contribution in [0.5, 0.6) is 17.4 Å². The van der Waals surface area contributed by atoms with Crippen molar-refractivity contribution < 1.29 is 9.47 Å². The Balaban J connectivity index is 1.76. The van der Waals surface area contributed by atoms with E-state index < -0.39 is 0 Å². The fourth-order valence-electron chi connectivity index (χ4n) is 2.27. The zero-order valence-corrected chi connectivity index (χ0v) is 16.2. The minimum absolute atomic E-state index is 0.531. The van der Waals surface area contributed by atoms with E-state index in [9.17, 15) is 0 Å². The van der Waals surface area contributed by atoms with Crippen molar-refractivity contribution in [3.63, 3.8) is 0 Å². The minimum Gasteiger partial charge on any atom is -0.497 e. The molecular formula is C20H19ClN2O2S. The molecule has 0 N–H and O–H groups in total. The summed E-state index contributed by atoms with van der Waals surface area (Å²) in [4.78, 5) is 9.09. The summed E-state index contributed by atoms with van der Waals surface area (Å²) in [5.74, 6) is 2.72. The fraction of sp³-hybridized carbons (Fsp3) is 0.200. The summed E-state index contributed by atoms with van der Waals surface area (Å²) >= 11 is 7.76. The van der Waals surface area contributed by atoms with Crippen LogP contribution in [0, 0.1) is 0 Å². The van der Waals surface area contributed by atoms with E-state index in [4.69, 9.17) is 21.1 Å². The van der Waals surface area contributed by atoms with Crippen LogP contribution in [0.25, 0.3) is 0 Å². The van der Waals surface area contributed by atoms with Crippen molar-refractivity contribution in [1.29, 1.82) is 0 Å². The zero-order chi connectivity index (χ0) is 18.4. The molecule has 2 aromatic carbocycles. The third-order valence-electron chi connectivity index (χ3n) is 3.69. The van der Waals surface area contributed by atoms with Crippen LogP contribution in [-0.4, -0.2) is 17.1 Å². The van der Waals surface area contributed by atoms with Crippen LogP contribution >= 0.6 is 23.4 Å². The van der Waals surface area contributed by atoms with Crippen molar-refractivity contribution in [2.75, 3.05) is 7.11 Å². The van der Waals surface area contributed by atoms with Crippen LogP contribution in [-0.2, 0) is 12.2 Å². The number of ether oxygens (including phenoxy) is 2. The maximum atomic E-state index is 6.22. The Labute approximate surface area is 162 Å². The number of aryl methyl sites for hydroxylation is 1. The van der Waals surface area contributed by atoms with Gasteiger partial charge in [0.15, 0.2) is 5.16 Å². The molecule has 0 aliphatic heterocycles. The standard InChI is InChI=1S/C20H19ClN2O2S/c1-3-15-12-19(25-17-10-8-16(24-2)9-11-17)23-20(22-15)26-13-14-6-4-5-7-18(14)21/h4-12H,3,13H2,1-2H3. The molecule has 0 atom stereocenters. The van der Waals surface area contributed by atoms with Gasteiger partial charge < -0.3 is 9.47 Å². The highest BCUT2D eigenvalue weighted by atomic mass is 35.5. The molecular weight excluding hydrogens is 368 g/mol. The number of nitrogens with zero attached hydrogens (tertiary/aromatic N) is 2. The molecule has 4 nitrogen and oxygen atoms in total. The first-order chi connectivity index (χ1) is 12.7. The van der Waals surface area contributed by atoms with Gasteiger partial charge in [-0.1, -0.05) is 48.5 Å². The second-order valence-corrected chi connectivity index (χ2v) is 6.84. The number of methoxy groups -OCH3 is 1. The smallest absolute Gasteiger partial charge is 0.223 e. The summed E-state index contributed by atoms with van der Waals surface area (Å²) in [5.41, 5.74) is 1.99. The Morgan fingerprint density at radius 3 is 2.42 bits per heavy atom. The number of benzene rings is 2. The monoisotopic (exact) mass is 386 g/mol. The maximum absolute atomic E-state index is 6.22. The molecule has 0 saturated heterocycles. The lowest BCUT2D eigenvalue weighted by atomic mass is 10.2. The lowest BCUT2D eigenvalue weighted by Gasteiger charge is -2.09. The highest BCUT2D eigenvalue weighted by Crippen LogP contribution is 2.28. The Kier molecular flexibility index (Phi) is 6.36. The molecule has 1 aromatic heterocycles. The molecule has 6 heteroatoms. The molecule has 0 amide bonds. The second-order valence-electron chi connectivity index (χ2n) is 5.49. The predicted molar refractivity (Wildman–Crippen MR) is 105 cm³/mol. The summed E-state index contributed by atoms with van der Waals surface area (Å²) < 4.78 is 11.1. The first-order valence-corrected chi connectivity index (χ1v) is 9.60. The van der Waals surface area contributed by atoms with E-state index in [0.717, 1.165) is 28.5 Å². The minimum atomic E-state index is 0.531. The van der Waals surface area contributed by atoms with Crippen LogP contribution in [0.4, 0.5) is 0 Å². The van der Waals surface area contributed by atoms with Gasteiger partial charge in [0.05, 0.1) is 7.11 Å². The third kappa shape index (κ3) is 4.90. The Morgan fingerprint density at radius 1 is 1.00 bits per heavy atom. The number of thioether (sulfide) groups is 1. The molecule has 0 aliphatic carbocycles. The lowest BCUT2D eigenvalue weighted by molar-refractivity contribution is 0.411. The summed E-state index contributed by atoms with van der Waals surface area (Å²) in [6, 6.07) is 17.1. The summed E-state index contributed by atoms with van der Waals surface area (Å²) in [7, 11) is 1.64. The average molecular weight is 387 g/mol. The lowest BCUT2D eigenvalue weighted by Crippen LogP contribution is -1.97. The predicted octanol–water partition coefficient (Wildman–Crippen LogP) is 5.79. The number of halogens is 1. The molecule has 1 heterocycles. The van der Waals surface area contributed by atoms with Gasteiger partial charge in [-0.15, -0.1) is 0 Å². The average Bonchev–Trinajstić information content (AvgIpc) is 2.68. The molecule has 0 unspecified atom stereocenters. The van der Waals surface area contributed by atoms with Gasteiger partial charge >= 0.3 is 0 Å². The molecule has 0 bridgehead atoms. The topological polar surface area (TPSA) is 44.2 Å². The molecule has 0 radical (unpaired) electrons. The van der Waals surface area contributed by atoms with Gasteiger partial charge in [0.1, 0.15) is 11.5 Å². The summed E-state index contributed by atoms with van der Waals surface area (Å²) in [5, 5.41) is 1.43. The number of hydrogen-bond acceptors (Lipinski definition) is 5. The summed E-state index contributed by atoms with van der Waals surface area (Å²) in [6.07, 6.45) is 0.807. The van der Waals surface area contributed by atoms with Gasteiger partial charge in [-0.05, 0) is 42.3 Å². The van der Waals surface area contributed by atoms with Crippen LogP contribution in [0.1, 0.15) is 18.2 Å². The van der Waals surface area contributed by atoms with E-state index >= 15 is 0 Å². The van der Waals surface area contributed by atoms with Crippen molar-refractivity contribution in [1.82, 2.24) is 9.97 Å². The highest BCUT2D eigenvalue weighted by Gasteiger charge is 2.08. The van der Waals surface area contributed by atoms with Crippen LogP contribution in [0.3, 0.4) is 0 Å². The second kappa shape index (κ2) is 8.92. The normalized spacial score (nSPS) is 10.6. The van der Waals surface area contributed by atoms with E-state index in [1.807, 2.05) is 54.6 Å². The van der Waals surface area contributed by atoms with Crippen molar-refractivity contribution >= 4 is 23.4 Å². The van der Waals surface area contributed by atoms with Gasteiger partial charge in [0, 0.05) is 22.5 Å². The van der Waals surface area contributed by atoms with Crippen LogP contribution in [0.2, 0.25) is 5.02 Å². The van der Waals surface area contributed by atoms with Crippen molar-refractivity contribution in [2.24, 2.45) is 0 Å². The van der Waals surface area contributed by atoms with Crippen molar-refractivity contribution in [3.05, 3.63) is 70.9 Å². The van der Waals surface area contributed by atoms with E-state index in [-0.39, 0.29) is 0 Å². The van der Waals surface area contributed by atoms with Crippen molar-refractivity contribution in [2.45, 2.75) is 24.3 Å². The van der Waals surface area contributed by atoms with Crippen LogP contribution < -0.4 is 9.47 Å². The fourth-order valence-corrected chi connectivity index (χ4v) is 3.42. The number of rotatable bonds is 7. The molecule has 26 heavy (non-hydrogen) atoms. The molecule has 0 saturated carbocycles. The maximum Gasteiger partial charge on any atom is 0.223 e. The molecule has 0 spiro atoms. The van der Waals surface area contributed by atoms with E-state index in [1.165, 1.54) is 0 Å². The molecule has 3 aromatic rings. The highest BCUT2D eigenvalue weighted by molar-refractivity contribution is 7.98. The first kappa shape index (κ1) is 18.5. The van der Waals surface area contributed by atoms with Gasteiger partial charge in [0.25, 0.3) is 0 Å². The van der Waals surface area contributed by atoms with Gasteiger partial charge in [-0.25, -0.2) is 4.98 Å². The van der Waals surface area contributed by atoms with Gasteiger partial charge in [-0.3, -0.25) is 0 Å². The van der Waals surface area contributed by atoms with Crippen molar-refractivity contribution in [3.8, 4) is 17.4 Å². The first-order valence-electron chi connectivity index (χ1n) is 8.24. The third-order valence-corrected chi connectivity index (χ3v) is 4.96. The Bertz CT molecular complexity index is 872. The number of aromatic nitrogens is 2. The Hall–Kier alpha value is -2.24. The SMILES string of the molecule is CCc1cc(Oc2ccc(OC)cc2)nc(SCc2ccccc2Cl)n1. The molecule has 0 aliphatic rings.